The molecule has 0 unspecified atom stereocenters. The summed E-state index contributed by atoms with van der Waals surface area (Å²) >= 11 is 0. The number of ether oxygens (including phenoxy) is 1. The van der Waals surface area contributed by atoms with Crippen LogP contribution in [-0.2, 0) is 0 Å². The van der Waals surface area contributed by atoms with Gasteiger partial charge in [-0.2, -0.15) is 5.10 Å². The van der Waals surface area contributed by atoms with Gasteiger partial charge in [-0.05, 0) is 31.1 Å². The highest BCUT2D eigenvalue weighted by atomic mass is 16.5. The second-order valence-electron chi connectivity index (χ2n) is 4.52. The SMILES string of the molecule is Cc1nnc(OCC=Cc2ccccc2)c(C(=O)O)c1C. The molecule has 0 radical (unpaired) electrons. The van der Waals surface area contributed by atoms with E-state index in [0.717, 1.165) is 5.56 Å². The monoisotopic (exact) mass is 284 g/mol. The molecule has 0 amide bonds. The molecular weight excluding hydrogens is 268 g/mol. The predicted octanol–water partition coefficient (Wildman–Crippen LogP) is 2.88. The summed E-state index contributed by atoms with van der Waals surface area (Å²) in [6, 6.07) is 9.76. The molecule has 1 N–H and O–H groups in total. The molecule has 108 valence electrons. The molecule has 0 aliphatic carbocycles. The first kappa shape index (κ1) is 14.7. The van der Waals surface area contributed by atoms with Crippen LogP contribution < -0.4 is 4.74 Å². The minimum atomic E-state index is -1.06. The van der Waals surface area contributed by atoms with Gasteiger partial charge in [0.25, 0.3) is 0 Å². The van der Waals surface area contributed by atoms with Crippen molar-refractivity contribution in [2.75, 3.05) is 6.61 Å². The van der Waals surface area contributed by atoms with Gasteiger partial charge in [0.2, 0.25) is 5.88 Å². The van der Waals surface area contributed by atoms with E-state index in [9.17, 15) is 9.90 Å². The van der Waals surface area contributed by atoms with Crippen molar-refractivity contribution in [1.29, 1.82) is 0 Å². The highest BCUT2D eigenvalue weighted by Crippen LogP contribution is 2.20. The Labute approximate surface area is 122 Å². The zero-order chi connectivity index (χ0) is 15.2. The Kier molecular flexibility index (Phi) is 4.66. The molecule has 5 nitrogen and oxygen atoms in total. The molecule has 0 atom stereocenters. The van der Waals surface area contributed by atoms with Crippen molar-refractivity contribution < 1.29 is 14.6 Å². The van der Waals surface area contributed by atoms with E-state index in [4.69, 9.17) is 4.74 Å². The molecule has 0 saturated heterocycles. The third kappa shape index (κ3) is 3.66. The van der Waals surface area contributed by atoms with Crippen molar-refractivity contribution >= 4 is 12.0 Å². The van der Waals surface area contributed by atoms with Gasteiger partial charge in [-0.3, -0.25) is 0 Å². The molecule has 21 heavy (non-hydrogen) atoms. The number of nitrogens with zero attached hydrogens (tertiary/aromatic N) is 2. The lowest BCUT2D eigenvalue weighted by molar-refractivity contribution is 0.0690. The number of aromatic nitrogens is 2. The number of aryl methyl sites for hydroxylation is 1. The summed E-state index contributed by atoms with van der Waals surface area (Å²) < 4.78 is 5.41. The van der Waals surface area contributed by atoms with Crippen molar-refractivity contribution in [3.63, 3.8) is 0 Å². The quantitative estimate of drug-likeness (QED) is 0.914. The summed E-state index contributed by atoms with van der Waals surface area (Å²) in [6.07, 6.45) is 3.70. The van der Waals surface area contributed by atoms with Crippen LogP contribution in [-0.4, -0.2) is 27.9 Å². The van der Waals surface area contributed by atoms with Gasteiger partial charge in [0, 0.05) is 0 Å². The molecule has 1 aromatic heterocycles. The Morgan fingerprint density at radius 2 is 1.95 bits per heavy atom. The van der Waals surface area contributed by atoms with Crippen LogP contribution in [0.25, 0.3) is 6.08 Å². The van der Waals surface area contributed by atoms with E-state index in [0.29, 0.717) is 11.3 Å². The summed E-state index contributed by atoms with van der Waals surface area (Å²) in [4.78, 5) is 11.3. The van der Waals surface area contributed by atoms with E-state index >= 15 is 0 Å². The highest BCUT2D eigenvalue weighted by molar-refractivity contribution is 5.92. The lowest BCUT2D eigenvalue weighted by atomic mass is 10.1. The maximum atomic E-state index is 11.3. The van der Waals surface area contributed by atoms with E-state index in [2.05, 4.69) is 10.2 Å². The summed E-state index contributed by atoms with van der Waals surface area (Å²) in [5.41, 5.74) is 2.26. The molecule has 1 aromatic carbocycles. The normalized spacial score (nSPS) is 10.8. The van der Waals surface area contributed by atoms with Gasteiger partial charge in [0.1, 0.15) is 12.2 Å². The summed E-state index contributed by atoms with van der Waals surface area (Å²) in [7, 11) is 0. The Balaban J connectivity index is 2.09. The maximum absolute atomic E-state index is 11.3. The number of carboxylic acids is 1. The minimum absolute atomic E-state index is 0.0447. The van der Waals surface area contributed by atoms with Gasteiger partial charge in [0.05, 0.1) is 5.69 Å². The lowest BCUT2D eigenvalue weighted by Gasteiger charge is -2.09. The summed E-state index contributed by atoms with van der Waals surface area (Å²) in [5.74, 6) is -1.02. The third-order valence-electron chi connectivity index (χ3n) is 3.06. The number of hydrogen-bond acceptors (Lipinski definition) is 4. The third-order valence-corrected chi connectivity index (χ3v) is 3.06. The zero-order valence-corrected chi connectivity index (χ0v) is 11.9. The van der Waals surface area contributed by atoms with Gasteiger partial charge in [0.15, 0.2) is 0 Å². The molecule has 0 fully saturated rings. The van der Waals surface area contributed by atoms with Crippen molar-refractivity contribution in [2.24, 2.45) is 0 Å². The fraction of sp³-hybridized carbons (Fsp3) is 0.188. The molecule has 2 aromatic rings. The number of aromatic carboxylic acids is 1. The molecule has 5 heteroatoms. The highest BCUT2D eigenvalue weighted by Gasteiger charge is 2.18. The molecule has 2 rings (SSSR count). The predicted molar refractivity (Wildman–Crippen MR) is 79.4 cm³/mol. The van der Waals surface area contributed by atoms with E-state index in [-0.39, 0.29) is 18.1 Å². The van der Waals surface area contributed by atoms with Crippen LogP contribution in [0, 0.1) is 13.8 Å². The van der Waals surface area contributed by atoms with Crippen LogP contribution in [0.3, 0.4) is 0 Å². The first-order valence-electron chi connectivity index (χ1n) is 6.51. The van der Waals surface area contributed by atoms with Crippen molar-refractivity contribution in [1.82, 2.24) is 10.2 Å². The van der Waals surface area contributed by atoms with E-state index < -0.39 is 5.97 Å². The Morgan fingerprint density at radius 1 is 1.24 bits per heavy atom. The van der Waals surface area contributed by atoms with Crippen molar-refractivity contribution in [3.05, 3.63) is 58.8 Å². The molecule has 0 spiro atoms. The molecule has 0 aliphatic heterocycles. The Hall–Kier alpha value is -2.69. The van der Waals surface area contributed by atoms with Crippen LogP contribution in [0.1, 0.15) is 27.2 Å². The van der Waals surface area contributed by atoms with Gasteiger partial charge in [-0.15, -0.1) is 5.10 Å². The summed E-state index contributed by atoms with van der Waals surface area (Å²) in [5, 5.41) is 17.0. The Bertz CT molecular complexity index is 667. The average Bonchev–Trinajstić information content (AvgIpc) is 2.48. The molecular formula is C16H16N2O3. The number of hydrogen-bond donors (Lipinski definition) is 1. The van der Waals surface area contributed by atoms with E-state index in [1.54, 1.807) is 19.9 Å². The first-order valence-corrected chi connectivity index (χ1v) is 6.51. The topological polar surface area (TPSA) is 72.3 Å². The average molecular weight is 284 g/mol. The minimum Gasteiger partial charge on any atom is -0.477 e. The smallest absolute Gasteiger partial charge is 0.341 e. The molecule has 1 heterocycles. The largest absolute Gasteiger partial charge is 0.477 e. The first-order chi connectivity index (χ1) is 10.1. The number of carbonyl (C=O) groups is 1. The number of rotatable bonds is 5. The van der Waals surface area contributed by atoms with Crippen LogP contribution in [0.4, 0.5) is 0 Å². The number of benzene rings is 1. The second-order valence-corrected chi connectivity index (χ2v) is 4.52. The lowest BCUT2D eigenvalue weighted by Crippen LogP contribution is -2.10. The zero-order valence-electron chi connectivity index (χ0n) is 11.9. The summed E-state index contributed by atoms with van der Waals surface area (Å²) in [6.45, 7) is 3.64. The Morgan fingerprint density at radius 3 is 2.62 bits per heavy atom. The van der Waals surface area contributed by atoms with Crippen molar-refractivity contribution in [3.8, 4) is 5.88 Å². The van der Waals surface area contributed by atoms with Crippen LogP contribution in [0.15, 0.2) is 36.4 Å². The van der Waals surface area contributed by atoms with Gasteiger partial charge >= 0.3 is 5.97 Å². The van der Waals surface area contributed by atoms with Crippen LogP contribution >= 0.6 is 0 Å². The van der Waals surface area contributed by atoms with Crippen LogP contribution in [0.5, 0.6) is 5.88 Å². The molecule has 0 saturated carbocycles. The van der Waals surface area contributed by atoms with Gasteiger partial charge in [-0.1, -0.05) is 36.4 Å². The standard InChI is InChI=1S/C16H16N2O3/c1-11-12(2)17-18-15(14(11)16(19)20)21-10-6-9-13-7-4-3-5-8-13/h3-9H,10H2,1-2H3,(H,19,20). The van der Waals surface area contributed by atoms with Gasteiger partial charge < -0.3 is 9.84 Å². The molecule has 0 bridgehead atoms. The molecule has 0 aliphatic rings. The fourth-order valence-corrected chi connectivity index (χ4v) is 1.82. The van der Waals surface area contributed by atoms with E-state index in [1.807, 2.05) is 36.4 Å². The maximum Gasteiger partial charge on any atom is 0.341 e. The van der Waals surface area contributed by atoms with Crippen LogP contribution in [0.2, 0.25) is 0 Å². The van der Waals surface area contributed by atoms with Gasteiger partial charge in [-0.25, -0.2) is 4.79 Å². The second kappa shape index (κ2) is 6.65. The number of carboxylic acid groups (broad SMARTS) is 1. The van der Waals surface area contributed by atoms with Crippen molar-refractivity contribution in [2.45, 2.75) is 13.8 Å². The fourth-order valence-electron chi connectivity index (χ4n) is 1.82. The van der Waals surface area contributed by atoms with E-state index in [1.165, 1.54) is 0 Å².